The standard InChI is InChI=1S/C17H18ClNOS/c1-2-21-16-10-6-5-9-15(16)19-17(20)12-11-13-7-3-4-8-14(13)18/h3-10H,2,11-12H2,1H3,(H,19,20). The van der Waals surface area contributed by atoms with Crippen LogP contribution in [0.1, 0.15) is 18.9 Å². The molecule has 0 spiro atoms. The Morgan fingerprint density at radius 2 is 1.86 bits per heavy atom. The van der Waals surface area contributed by atoms with Crippen LogP contribution < -0.4 is 5.32 Å². The van der Waals surface area contributed by atoms with Gasteiger partial charge in [-0.3, -0.25) is 4.79 Å². The normalized spacial score (nSPS) is 10.4. The lowest BCUT2D eigenvalue weighted by atomic mass is 10.1. The quantitative estimate of drug-likeness (QED) is 0.757. The third-order valence-corrected chi connectivity index (χ3v) is 4.36. The van der Waals surface area contributed by atoms with E-state index in [1.807, 2.05) is 48.5 Å². The first kappa shape index (κ1) is 15.9. The summed E-state index contributed by atoms with van der Waals surface area (Å²) in [4.78, 5) is 13.2. The SMILES string of the molecule is CCSc1ccccc1NC(=O)CCc1ccccc1Cl. The Morgan fingerprint density at radius 1 is 1.14 bits per heavy atom. The van der Waals surface area contributed by atoms with Gasteiger partial charge in [-0.1, -0.05) is 48.9 Å². The molecule has 2 rings (SSSR count). The van der Waals surface area contributed by atoms with Gasteiger partial charge in [0.2, 0.25) is 5.91 Å². The number of aryl methyl sites for hydroxylation is 1. The number of thioether (sulfide) groups is 1. The van der Waals surface area contributed by atoms with Crippen LogP contribution >= 0.6 is 23.4 Å². The van der Waals surface area contributed by atoms with E-state index in [1.165, 1.54) is 0 Å². The van der Waals surface area contributed by atoms with Crippen molar-refractivity contribution in [3.05, 3.63) is 59.1 Å². The van der Waals surface area contributed by atoms with Crippen LogP contribution in [0.4, 0.5) is 5.69 Å². The number of hydrogen-bond acceptors (Lipinski definition) is 2. The van der Waals surface area contributed by atoms with Gasteiger partial charge in [-0.05, 0) is 35.9 Å². The molecular formula is C17H18ClNOS. The second-order valence-electron chi connectivity index (χ2n) is 4.57. The Morgan fingerprint density at radius 3 is 2.62 bits per heavy atom. The maximum atomic E-state index is 12.1. The monoisotopic (exact) mass is 319 g/mol. The molecule has 0 aliphatic carbocycles. The summed E-state index contributed by atoms with van der Waals surface area (Å²) in [6.07, 6.45) is 1.07. The number of nitrogens with one attached hydrogen (secondary N) is 1. The molecule has 2 nitrogen and oxygen atoms in total. The predicted octanol–water partition coefficient (Wildman–Crippen LogP) is 5.02. The molecule has 0 aliphatic heterocycles. The van der Waals surface area contributed by atoms with E-state index < -0.39 is 0 Å². The summed E-state index contributed by atoms with van der Waals surface area (Å²) in [5, 5.41) is 3.70. The molecule has 0 saturated heterocycles. The van der Waals surface area contributed by atoms with E-state index in [9.17, 15) is 4.79 Å². The van der Waals surface area contributed by atoms with Gasteiger partial charge in [0, 0.05) is 16.3 Å². The van der Waals surface area contributed by atoms with E-state index in [4.69, 9.17) is 11.6 Å². The molecule has 110 valence electrons. The minimum absolute atomic E-state index is 0.0130. The van der Waals surface area contributed by atoms with Crippen molar-refractivity contribution in [1.29, 1.82) is 0 Å². The minimum atomic E-state index is 0.0130. The van der Waals surface area contributed by atoms with Crippen LogP contribution in [-0.2, 0) is 11.2 Å². The van der Waals surface area contributed by atoms with Crippen LogP contribution in [0.5, 0.6) is 0 Å². The van der Waals surface area contributed by atoms with Crippen molar-refractivity contribution in [2.75, 3.05) is 11.1 Å². The maximum Gasteiger partial charge on any atom is 0.224 e. The second kappa shape index (κ2) is 8.11. The van der Waals surface area contributed by atoms with Gasteiger partial charge in [0.1, 0.15) is 0 Å². The van der Waals surface area contributed by atoms with Gasteiger partial charge < -0.3 is 5.32 Å². The first-order chi connectivity index (χ1) is 10.2. The van der Waals surface area contributed by atoms with Gasteiger partial charge in [-0.25, -0.2) is 0 Å². The lowest BCUT2D eigenvalue weighted by Crippen LogP contribution is -2.13. The summed E-state index contributed by atoms with van der Waals surface area (Å²) < 4.78 is 0. The highest BCUT2D eigenvalue weighted by molar-refractivity contribution is 7.99. The smallest absolute Gasteiger partial charge is 0.224 e. The van der Waals surface area contributed by atoms with Crippen LogP contribution in [0.3, 0.4) is 0 Å². The minimum Gasteiger partial charge on any atom is -0.325 e. The Labute approximate surface area is 134 Å². The molecule has 2 aromatic rings. The van der Waals surface area contributed by atoms with Gasteiger partial charge in [0.05, 0.1) is 5.69 Å². The zero-order chi connectivity index (χ0) is 15.1. The van der Waals surface area contributed by atoms with Crippen molar-refractivity contribution >= 4 is 35.0 Å². The number of amides is 1. The van der Waals surface area contributed by atoms with Gasteiger partial charge in [-0.2, -0.15) is 0 Å². The molecule has 0 bridgehead atoms. The molecule has 0 atom stereocenters. The number of rotatable bonds is 6. The Balaban J connectivity index is 1.95. The lowest BCUT2D eigenvalue weighted by molar-refractivity contribution is -0.116. The number of halogens is 1. The molecule has 0 aliphatic rings. The molecule has 4 heteroatoms. The predicted molar refractivity (Wildman–Crippen MR) is 91.2 cm³/mol. The summed E-state index contributed by atoms with van der Waals surface area (Å²) in [5.41, 5.74) is 1.89. The van der Waals surface area contributed by atoms with Crippen LogP contribution in [0.15, 0.2) is 53.4 Å². The van der Waals surface area contributed by atoms with E-state index in [0.29, 0.717) is 17.9 Å². The summed E-state index contributed by atoms with van der Waals surface area (Å²) in [6, 6.07) is 15.5. The maximum absolute atomic E-state index is 12.1. The van der Waals surface area contributed by atoms with Crippen molar-refractivity contribution in [3.63, 3.8) is 0 Å². The summed E-state index contributed by atoms with van der Waals surface area (Å²) in [7, 11) is 0. The number of carbonyl (C=O) groups excluding carboxylic acids is 1. The van der Waals surface area contributed by atoms with Crippen LogP contribution in [0.25, 0.3) is 0 Å². The van der Waals surface area contributed by atoms with Gasteiger partial charge in [-0.15, -0.1) is 11.8 Å². The molecule has 0 unspecified atom stereocenters. The van der Waals surface area contributed by atoms with Crippen molar-refractivity contribution < 1.29 is 4.79 Å². The summed E-state index contributed by atoms with van der Waals surface area (Å²) >= 11 is 7.82. The molecule has 0 saturated carbocycles. The first-order valence-corrected chi connectivity index (χ1v) is 8.32. The number of hydrogen-bond donors (Lipinski definition) is 1. The van der Waals surface area contributed by atoms with Crippen molar-refractivity contribution in [3.8, 4) is 0 Å². The van der Waals surface area contributed by atoms with E-state index in [0.717, 1.165) is 21.9 Å². The molecule has 0 heterocycles. The molecule has 1 amide bonds. The number of benzene rings is 2. The highest BCUT2D eigenvalue weighted by Gasteiger charge is 2.08. The number of para-hydroxylation sites is 1. The third kappa shape index (κ3) is 4.80. The van der Waals surface area contributed by atoms with Crippen molar-refractivity contribution in [1.82, 2.24) is 0 Å². The first-order valence-electron chi connectivity index (χ1n) is 6.95. The van der Waals surface area contributed by atoms with E-state index in [1.54, 1.807) is 11.8 Å². The van der Waals surface area contributed by atoms with Crippen LogP contribution in [0, 0.1) is 0 Å². The fraction of sp³-hybridized carbons (Fsp3) is 0.235. The number of carbonyl (C=O) groups is 1. The van der Waals surface area contributed by atoms with Crippen LogP contribution in [0.2, 0.25) is 5.02 Å². The van der Waals surface area contributed by atoms with E-state index in [-0.39, 0.29) is 5.91 Å². The van der Waals surface area contributed by atoms with Crippen molar-refractivity contribution in [2.45, 2.75) is 24.7 Å². The highest BCUT2D eigenvalue weighted by atomic mass is 35.5. The molecule has 0 aromatic heterocycles. The number of anilines is 1. The average molecular weight is 320 g/mol. The largest absolute Gasteiger partial charge is 0.325 e. The van der Waals surface area contributed by atoms with Gasteiger partial charge in [0.15, 0.2) is 0 Å². The Hall–Kier alpha value is -1.45. The zero-order valence-corrected chi connectivity index (χ0v) is 13.5. The van der Waals surface area contributed by atoms with E-state index in [2.05, 4.69) is 12.2 Å². The topological polar surface area (TPSA) is 29.1 Å². The Bertz CT molecular complexity index is 615. The summed E-state index contributed by atoms with van der Waals surface area (Å²) in [5.74, 6) is 0.992. The summed E-state index contributed by atoms with van der Waals surface area (Å²) in [6.45, 7) is 2.10. The van der Waals surface area contributed by atoms with E-state index >= 15 is 0 Å². The van der Waals surface area contributed by atoms with Crippen LogP contribution in [-0.4, -0.2) is 11.7 Å². The zero-order valence-electron chi connectivity index (χ0n) is 11.9. The molecule has 0 radical (unpaired) electrons. The highest BCUT2D eigenvalue weighted by Crippen LogP contribution is 2.26. The second-order valence-corrected chi connectivity index (χ2v) is 6.28. The van der Waals surface area contributed by atoms with Crippen molar-refractivity contribution in [2.24, 2.45) is 0 Å². The fourth-order valence-electron chi connectivity index (χ4n) is 2.01. The molecular weight excluding hydrogens is 302 g/mol. The molecule has 0 fully saturated rings. The molecule has 2 aromatic carbocycles. The average Bonchev–Trinajstić information content (AvgIpc) is 2.49. The fourth-order valence-corrected chi connectivity index (χ4v) is 3.00. The molecule has 1 N–H and O–H groups in total. The van der Waals surface area contributed by atoms with Gasteiger partial charge in [0.25, 0.3) is 0 Å². The third-order valence-electron chi connectivity index (χ3n) is 3.04. The van der Waals surface area contributed by atoms with Gasteiger partial charge >= 0.3 is 0 Å². The lowest BCUT2D eigenvalue weighted by Gasteiger charge is -2.10. The molecule has 21 heavy (non-hydrogen) atoms. The Kier molecular flexibility index (Phi) is 6.15.